The van der Waals surface area contributed by atoms with Crippen LogP contribution in [0.5, 0.6) is 0 Å². The lowest BCUT2D eigenvalue weighted by molar-refractivity contribution is -0.142. The van der Waals surface area contributed by atoms with Gasteiger partial charge >= 0.3 is 0 Å². The number of thiophene rings is 1. The van der Waals surface area contributed by atoms with Gasteiger partial charge in [0.05, 0.1) is 6.54 Å². The number of hydrogen-bond donors (Lipinski definition) is 0. The molecule has 4 heteroatoms. The van der Waals surface area contributed by atoms with E-state index in [1.54, 1.807) is 22.3 Å². The first-order valence-corrected chi connectivity index (χ1v) is 7.60. The molecule has 0 saturated carbocycles. The van der Waals surface area contributed by atoms with Gasteiger partial charge in [-0.25, -0.2) is 0 Å². The standard InChI is InChI=1S/C15H23NO2S/c1-4-6-10-18-13(3)15(17)16(9-5-2)12-14-8-7-11-19-14/h5,7-8,11,13H,2,4,6,9-10,12H2,1,3H3. The van der Waals surface area contributed by atoms with E-state index >= 15 is 0 Å². The summed E-state index contributed by atoms with van der Waals surface area (Å²) in [7, 11) is 0. The minimum absolute atomic E-state index is 0.0319. The molecule has 0 spiro atoms. The maximum Gasteiger partial charge on any atom is 0.252 e. The minimum atomic E-state index is -0.383. The number of carbonyl (C=O) groups excluding carboxylic acids is 1. The van der Waals surface area contributed by atoms with E-state index in [2.05, 4.69) is 13.5 Å². The summed E-state index contributed by atoms with van der Waals surface area (Å²) in [5.74, 6) is 0.0319. The Morgan fingerprint density at radius 3 is 3.00 bits per heavy atom. The predicted octanol–water partition coefficient (Wildman–Crippen LogP) is 3.47. The Bertz CT molecular complexity index is 376. The van der Waals surface area contributed by atoms with Crippen molar-refractivity contribution in [2.75, 3.05) is 13.2 Å². The summed E-state index contributed by atoms with van der Waals surface area (Å²) in [6.07, 6.45) is 3.44. The number of carbonyl (C=O) groups is 1. The molecule has 0 aliphatic rings. The molecule has 1 unspecified atom stereocenters. The van der Waals surface area contributed by atoms with Crippen LogP contribution in [0.4, 0.5) is 0 Å². The molecule has 1 rings (SSSR count). The van der Waals surface area contributed by atoms with E-state index in [0.717, 1.165) is 12.8 Å². The molecule has 3 nitrogen and oxygen atoms in total. The highest BCUT2D eigenvalue weighted by Crippen LogP contribution is 2.13. The minimum Gasteiger partial charge on any atom is -0.369 e. The van der Waals surface area contributed by atoms with E-state index in [-0.39, 0.29) is 12.0 Å². The van der Waals surface area contributed by atoms with Gasteiger partial charge in [-0.3, -0.25) is 4.79 Å². The van der Waals surface area contributed by atoms with Gasteiger partial charge in [0.1, 0.15) is 6.10 Å². The van der Waals surface area contributed by atoms with Crippen LogP contribution in [0.3, 0.4) is 0 Å². The number of rotatable bonds is 9. The molecule has 106 valence electrons. The summed E-state index contributed by atoms with van der Waals surface area (Å²) in [6, 6.07) is 4.04. The highest BCUT2D eigenvalue weighted by atomic mass is 32.1. The third-order valence-corrected chi connectivity index (χ3v) is 3.66. The molecule has 1 heterocycles. The third kappa shape index (κ3) is 5.57. The van der Waals surface area contributed by atoms with Crippen molar-refractivity contribution in [3.63, 3.8) is 0 Å². The molecule has 0 radical (unpaired) electrons. The van der Waals surface area contributed by atoms with Gasteiger partial charge in [0, 0.05) is 18.0 Å². The highest BCUT2D eigenvalue weighted by molar-refractivity contribution is 7.09. The van der Waals surface area contributed by atoms with Crippen LogP contribution in [0.25, 0.3) is 0 Å². The molecule has 1 amide bonds. The number of ether oxygens (including phenoxy) is 1. The van der Waals surface area contributed by atoms with Crippen LogP contribution >= 0.6 is 11.3 Å². The van der Waals surface area contributed by atoms with Crippen molar-refractivity contribution >= 4 is 17.2 Å². The number of unbranched alkanes of at least 4 members (excludes halogenated alkanes) is 1. The van der Waals surface area contributed by atoms with Gasteiger partial charge < -0.3 is 9.64 Å². The molecule has 1 atom stereocenters. The Labute approximate surface area is 119 Å². The van der Waals surface area contributed by atoms with E-state index in [0.29, 0.717) is 19.7 Å². The summed E-state index contributed by atoms with van der Waals surface area (Å²) < 4.78 is 5.57. The van der Waals surface area contributed by atoms with E-state index < -0.39 is 0 Å². The molecular weight excluding hydrogens is 258 g/mol. The lowest BCUT2D eigenvalue weighted by Crippen LogP contribution is -2.38. The predicted molar refractivity (Wildman–Crippen MR) is 80.3 cm³/mol. The summed E-state index contributed by atoms with van der Waals surface area (Å²) in [5, 5.41) is 2.02. The number of amides is 1. The Kier molecular flexibility index (Phi) is 7.45. The molecular formula is C15H23NO2S. The van der Waals surface area contributed by atoms with Crippen LogP contribution in [-0.2, 0) is 16.1 Å². The maximum absolute atomic E-state index is 12.3. The topological polar surface area (TPSA) is 29.5 Å². The van der Waals surface area contributed by atoms with Gasteiger partial charge in [-0.05, 0) is 24.8 Å². The second-order valence-electron chi connectivity index (χ2n) is 4.45. The Balaban J connectivity index is 2.53. The zero-order valence-electron chi connectivity index (χ0n) is 11.8. The molecule has 0 saturated heterocycles. The summed E-state index contributed by atoms with van der Waals surface area (Å²) in [5.41, 5.74) is 0. The molecule has 0 N–H and O–H groups in total. The van der Waals surface area contributed by atoms with Crippen LogP contribution in [0.2, 0.25) is 0 Å². The van der Waals surface area contributed by atoms with Crippen molar-refractivity contribution in [1.82, 2.24) is 4.90 Å². The smallest absolute Gasteiger partial charge is 0.252 e. The van der Waals surface area contributed by atoms with Gasteiger partial charge in [-0.15, -0.1) is 17.9 Å². The number of hydrogen-bond acceptors (Lipinski definition) is 3. The fourth-order valence-corrected chi connectivity index (χ4v) is 2.43. The van der Waals surface area contributed by atoms with Crippen molar-refractivity contribution in [3.8, 4) is 0 Å². The zero-order chi connectivity index (χ0) is 14.1. The second-order valence-corrected chi connectivity index (χ2v) is 5.49. The van der Waals surface area contributed by atoms with E-state index in [1.807, 2.05) is 24.4 Å². The Morgan fingerprint density at radius 1 is 1.63 bits per heavy atom. The first-order valence-electron chi connectivity index (χ1n) is 6.72. The van der Waals surface area contributed by atoms with Crippen molar-refractivity contribution in [2.45, 2.75) is 39.3 Å². The normalized spacial score (nSPS) is 12.1. The lowest BCUT2D eigenvalue weighted by Gasteiger charge is -2.24. The molecule has 0 aromatic carbocycles. The summed E-state index contributed by atoms with van der Waals surface area (Å²) >= 11 is 1.66. The molecule has 0 aliphatic carbocycles. The fraction of sp³-hybridized carbons (Fsp3) is 0.533. The van der Waals surface area contributed by atoms with E-state index in [1.165, 1.54) is 4.88 Å². The quantitative estimate of drug-likeness (QED) is 0.512. The fourth-order valence-electron chi connectivity index (χ4n) is 1.71. The number of nitrogens with zero attached hydrogens (tertiary/aromatic N) is 1. The molecule has 0 aliphatic heterocycles. The maximum atomic E-state index is 12.3. The van der Waals surface area contributed by atoms with Gasteiger partial charge in [0.15, 0.2) is 0 Å². The van der Waals surface area contributed by atoms with Gasteiger partial charge in [-0.2, -0.15) is 0 Å². The average Bonchev–Trinajstić information content (AvgIpc) is 2.90. The van der Waals surface area contributed by atoms with Crippen molar-refractivity contribution < 1.29 is 9.53 Å². The first-order chi connectivity index (χ1) is 9.19. The zero-order valence-corrected chi connectivity index (χ0v) is 12.6. The third-order valence-electron chi connectivity index (χ3n) is 2.80. The molecule has 1 aromatic rings. The van der Waals surface area contributed by atoms with Gasteiger partial charge in [0.2, 0.25) is 0 Å². The second kappa shape index (κ2) is 8.88. The van der Waals surface area contributed by atoms with Crippen molar-refractivity contribution in [1.29, 1.82) is 0 Å². The monoisotopic (exact) mass is 281 g/mol. The highest BCUT2D eigenvalue weighted by Gasteiger charge is 2.20. The first kappa shape index (κ1) is 15.9. The Morgan fingerprint density at radius 2 is 2.42 bits per heavy atom. The van der Waals surface area contributed by atoms with Crippen LogP contribution in [0.15, 0.2) is 30.2 Å². The SMILES string of the molecule is C=CCN(Cc1cccs1)C(=O)C(C)OCCCC. The van der Waals surface area contributed by atoms with Gasteiger partial charge in [-0.1, -0.05) is 25.5 Å². The van der Waals surface area contributed by atoms with Gasteiger partial charge in [0.25, 0.3) is 5.91 Å². The van der Waals surface area contributed by atoms with Crippen molar-refractivity contribution in [3.05, 3.63) is 35.0 Å². The van der Waals surface area contributed by atoms with Crippen LogP contribution < -0.4 is 0 Å². The summed E-state index contributed by atoms with van der Waals surface area (Å²) in [4.78, 5) is 15.3. The van der Waals surface area contributed by atoms with Crippen LogP contribution in [-0.4, -0.2) is 30.1 Å². The van der Waals surface area contributed by atoms with Crippen LogP contribution in [0.1, 0.15) is 31.6 Å². The lowest BCUT2D eigenvalue weighted by atomic mass is 10.3. The van der Waals surface area contributed by atoms with E-state index in [4.69, 9.17) is 4.74 Å². The van der Waals surface area contributed by atoms with Crippen LogP contribution in [0, 0.1) is 0 Å². The average molecular weight is 281 g/mol. The largest absolute Gasteiger partial charge is 0.369 e. The van der Waals surface area contributed by atoms with E-state index in [9.17, 15) is 4.79 Å². The molecule has 19 heavy (non-hydrogen) atoms. The van der Waals surface area contributed by atoms with Crippen molar-refractivity contribution in [2.24, 2.45) is 0 Å². The molecule has 0 fully saturated rings. The Hall–Kier alpha value is -1.13. The molecule has 1 aromatic heterocycles. The summed E-state index contributed by atoms with van der Waals surface area (Å²) in [6.45, 7) is 9.47. The molecule has 0 bridgehead atoms.